The van der Waals surface area contributed by atoms with Crippen LogP contribution in [0.4, 0.5) is 18.9 Å². The van der Waals surface area contributed by atoms with E-state index in [2.05, 4.69) is 6.58 Å². The highest BCUT2D eigenvalue weighted by Gasteiger charge is 2.33. The van der Waals surface area contributed by atoms with Crippen LogP contribution in [-0.2, 0) is 16.2 Å². The number of nitrogens with zero attached hydrogens (tertiary/aromatic N) is 1. The Morgan fingerprint density at radius 3 is 2.41 bits per heavy atom. The molecule has 0 bridgehead atoms. The van der Waals surface area contributed by atoms with Gasteiger partial charge in [0.15, 0.2) is 0 Å². The third kappa shape index (κ3) is 4.34. The van der Waals surface area contributed by atoms with Crippen LogP contribution in [0.1, 0.15) is 5.56 Å². The van der Waals surface area contributed by atoms with E-state index in [4.69, 9.17) is 27.9 Å². The smallest absolute Gasteiger partial charge is 0.416 e. The Morgan fingerprint density at radius 2 is 1.85 bits per heavy atom. The third-order valence-corrected chi connectivity index (χ3v) is 6.37. The highest BCUT2D eigenvalue weighted by Crippen LogP contribution is 2.39. The molecule has 27 heavy (non-hydrogen) atoms. The number of benzene rings is 2. The van der Waals surface area contributed by atoms with Crippen LogP contribution in [0, 0.1) is 0 Å². The van der Waals surface area contributed by atoms with Gasteiger partial charge in [-0.2, -0.15) is 13.2 Å². The summed E-state index contributed by atoms with van der Waals surface area (Å²) in [7, 11) is -3.00. The Hall–Kier alpha value is -1.90. The normalized spacial score (nSPS) is 11.9. The largest absolute Gasteiger partial charge is 0.495 e. The van der Waals surface area contributed by atoms with Crippen molar-refractivity contribution in [2.75, 3.05) is 18.0 Å². The second-order valence-electron chi connectivity index (χ2n) is 5.27. The Labute approximate surface area is 164 Å². The van der Waals surface area contributed by atoms with Crippen LogP contribution in [0.25, 0.3) is 0 Å². The molecule has 0 saturated carbocycles. The third-order valence-electron chi connectivity index (χ3n) is 3.56. The molecule has 0 aromatic heterocycles. The lowest BCUT2D eigenvalue weighted by Crippen LogP contribution is -2.31. The molecule has 0 aliphatic rings. The van der Waals surface area contributed by atoms with Crippen molar-refractivity contribution in [1.82, 2.24) is 0 Å². The Balaban J connectivity index is 2.63. The van der Waals surface area contributed by atoms with Crippen LogP contribution in [0.3, 0.4) is 0 Å². The predicted molar refractivity (Wildman–Crippen MR) is 99.2 cm³/mol. The number of anilines is 1. The van der Waals surface area contributed by atoms with Crippen molar-refractivity contribution in [2.24, 2.45) is 0 Å². The van der Waals surface area contributed by atoms with Gasteiger partial charge in [0.1, 0.15) is 15.7 Å². The fourth-order valence-electron chi connectivity index (χ4n) is 2.29. The van der Waals surface area contributed by atoms with Gasteiger partial charge < -0.3 is 4.74 Å². The lowest BCUT2D eigenvalue weighted by atomic mass is 10.2. The molecule has 0 amide bonds. The highest BCUT2D eigenvalue weighted by atomic mass is 35.5. The van der Waals surface area contributed by atoms with E-state index < -0.39 is 21.8 Å². The predicted octanol–water partition coefficient (Wildman–Crippen LogP) is 5.40. The topological polar surface area (TPSA) is 46.6 Å². The van der Waals surface area contributed by atoms with Crippen LogP contribution in [-0.4, -0.2) is 22.1 Å². The van der Waals surface area contributed by atoms with Crippen molar-refractivity contribution in [2.45, 2.75) is 11.1 Å². The van der Waals surface area contributed by atoms with E-state index in [1.165, 1.54) is 31.4 Å². The zero-order valence-electron chi connectivity index (χ0n) is 13.9. The average Bonchev–Trinajstić information content (AvgIpc) is 2.61. The zero-order valence-corrected chi connectivity index (χ0v) is 16.3. The quantitative estimate of drug-likeness (QED) is 0.565. The standard InChI is InChI=1S/C17H14Cl2F3NO3S/c1-3-9-23(12-6-4-5-11(10-12)17(20,21)22)27(24,25)14-8-7-13(26-2)15(18)16(14)19/h3-8,10H,1,9H2,2H3. The second-order valence-corrected chi connectivity index (χ2v) is 7.85. The average molecular weight is 440 g/mol. The van der Waals surface area contributed by atoms with E-state index in [9.17, 15) is 21.6 Å². The molecule has 10 heteroatoms. The van der Waals surface area contributed by atoms with E-state index in [0.29, 0.717) is 0 Å². The summed E-state index contributed by atoms with van der Waals surface area (Å²) in [6.45, 7) is 3.19. The first-order valence-electron chi connectivity index (χ1n) is 7.37. The van der Waals surface area contributed by atoms with E-state index in [1.54, 1.807) is 0 Å². The molecular formula is C17H14Cl2F3NO3S. The second kappa shape index (κ2) is 8.00. The molecular weight excluding hydrogens is 426 g/mol. The van der Waals surface area contributed by atoms with Gasteiger partial charge in [-0.3, -0.25) is 4.31 Å². The molecule has 0 heterocycles. The molecule has 0 radical (unpaired) electrons. The number of sulfonamides is 1. The number of alkyl halides is 3. The minimum atomic E-state index is -4.62. The molecule has 0 fully saturated rings. The summed E-state index contributed by atoms with van der Waals surface area (Å²) in [5.41, 5.74) is -1.17. The molecule has 2 aromatic carbocycles. The summed E-state index contributed by atoms with van der Waals surface area (Å²) < 4.78 is 70.9. The van der Waals surface area contributed by atoms with Crippen molar-refractivity contribution in [3.05, 3.63) is 64.7 Å². The van der Waals surface area contributed by atoms with Crippen LogP contribution >= 0.6 is 23.2 Å². The van der Waals surface area contributed by atoms with Gasteiger partial charge in [-0.15, -0.1) is 6.58 Å². The summed E-state index contributed by atoms with van der Waals surface area (Å²) in [6.07, 6.45) is -3.38. The maximum atomic E-state index is 13.1. The van der Waals surface area contributed by atoms with Gasteiger partial charge in [0.25, 0.3) is 10.0 Å². The lowest BCUT2D eigenvalue weighted by Gasteiger charge is -2.25. The van der Waals surface area contributed by atoms with E-state index in [-0.39, 0.29) is 32.9 Å². The molecule has 2 aromatic rings. The first-order chi connectivity index (χ1) is 12.5. The Morgan fingerprint density at radius 1 is 1.19 bits per heavy atom. The summed E-state index contributed by atoms with van der Waals surface area (Å²) in [5.74, 6) is 0.162. The van der Waals surface area contributed by atoms with E-state index in [0.717, 1.165) is 22.5 Å². The van der Waals surface area contributed by atoms with E-state index >= 15 is 0 Å². The van der Waals surface area contributed by atoms with Crippen molar-refractivity contribution in [1.29, 1.82) is 0 Å². The van der Waals surface area contributed by atoms with Gasteiger partial charge in [-0.1, -0.05) is 35.3 Å². The fraction of sp³-hybridized carbons (Fsp3) is 0.176. The molecule has 0 aliphatic heterocycles. The number of hydrogen-bond donors (Lipinski definition) is 0. The molecule has 0 N–H and O–H groups in total. The summed E-state index contributed by atoms with van der Waals surface area (Å²) in [5, 5.41) is -0.417. The van der Waals surface area contributed by atoms with Gasteiger partial charge in [0.05, 0.1) is 29.9 Å². The summed E-state index contributed by atoms with van der Waals surface area (Å²) in [4.78, 5) is -0.366. The maximum absolute atomic E-state index is 13.1. The number of ether oxygens (including phenoxy) is 1. The Kier molecular flexibility index (Phi) is 6.34. The fourth-order valence-corrected chi connectivity index (χ4v) is 4.53. The first-order valence-corrected chi connectivity index (χ1v) is 9.56. The molecule has 2 rings (SSSR count). The van der Waals surface area contributed by atoms with Crippen LogP contribution in [0.5, 0.6) is 5.75 Å². The van der Waals surface area contributed by atoms with Crippen LogP contribution in [0.2, 0.25) is 10.0 Å². The van der Waals surface area contributed by atoms with Gasteiger partial charge in [-0.05, 0) is 30.3 Å². The number of rotatable bonds is 6. The molecule has 146 valence electrons. The van der Waals surface area contributed by atoms with Gasteiger partial charge in [0, 0.05) is 0 Å². The van der Waals surface area contributed by atoms with Crippen LogP contribution < -0.4 is 9.04 Å². The van der Waals surface area contributed by atoms with Gasteiger partial charge in [0.2, 0.25) is 0 Å². The van der Waals surface area contributed by atoms with Gasteiger partial charge >= 0.3 is 6.18 Å². The molecule has 0 spiro atoms. The van der Waals surface area contributed by atoms with Crippen molar-refractivity contribution >= 4 is 38.9 Å². The first kappa shape index (κ1) is 21.4. The lowest BCUT2D eigenvalue weighted by molar-refractivity contribution is -0.137. The van der Waals surface area contributed by atoms with Crippen molar-refractivity contribution in [3.63, 3.8) is 0 Å². The van der Waals surface area contributed by atoms with E-state index in [1.807, 2.05) is 0 Å². The summed E-state index contributed by atoms with van der Waals surface area (Å²) in [6, 6.07) is 6.42. The monoisotopic (exact) mass is 439 g/mol. The highest BCUT2D eigenvalue weighted by molar-refractivity contribution is 7.93. The van der Waals surface area contributed by atoms with Crippen molar-refractivity contribution < 1.29 is 26.3 Å². The molecule has 4 nitrogen and oxygen atoms in total. The van der Waals surface area contributed by atoms with Crippen molar-refractivity contribution in [3.8, 4) is 5.75 Å². The number of hydrogen-bond acceptors (Lipinski definition) is 3. The minimum absolute atomic E-state index is 0.122. The number of halogens is 5. The minimum Gasteiger partial charge on any atom is -0.495 e. The summed E-state index contributed by atoms with van der Waals surface area (Å²) >= 11 is 12.1. The van der Waals surface area contributed by atoms with Gasteiger partial charge in [-0.25, -0.2) is 8.42 Å². The maximum Gasteiger partial charge on any atom is 0.416 e. The SMILES string of the molecule is C=CCN(c1cccc(C(F)(F)F)c1)S(=O)(=O)c1ccc(OC)c(Cl)c1Cl. The molecule has 0 aliphatic carbocycles. The molecule has 0 unspecified atom stereocenters. The van der Waals surface area contributed by atoms with Crippen LogP contribution in [0.15, 0.2) is 53.9 Å². The molecule has 0 atom stereocenters. The number of methoxy groups -OCH3 is 1. The Bertz CT molecular complexity index is 962. The molecule has 0 saturated heterocycles. The zero-order chi connectivity index (χ0) is 20.4.